The molecule has 0 aliphatic carbocycles. The summed E-state index contributed by atoms with van der Waals surface area (Å²) in [7, 11) is 0. The molecule has 28 heavy (non-hydrogen) atoms. The van der Waals surface area contributed by atoms with E-state index in [2.05, 4.69) is 44.1 Å². The summed E-state index contributed by atoms with van der Waals surface area (Å²) in [6.07, 6.45) is 0. The largest absolute Gasteiger partial charge is 0.396 e. The monoisotopic (exact) mass is 492 g/mol. The normalized spacial score (nSPS) is 12.1. The van der Waals surface area contributed by atoms with Crippen molar-refractivity contribution in [2.24, 2.45) is 5.92 Å². The summed E-state index contributed by atoms with van der Waals surface area (Å²) in [6, 6.07) is 7.35. The Kier molecular flexibility index (Phi) is 6.00. The smallest absolute Gasteiger partial charge is 0.276 e. The van der Waals surface area contributed by atoms with Crippen molar-refractivity contribution in [3.63, 3.8) is 0 Å². The van der Waals surface area contributed by atoms with Gasteiger partial charge in [0.25, 0.3) is 5.91 Å². The van der Waals surface area contributed by atoms with Crippen LogP contribution in [0.5, 0.6) is 0 Å². The Hall–Kier alpha value is -2.45. The Bertz CT molecular complexity index is 1080. The molecule has 0 radical (unpaired) electrons. The molecule has 2 heterocycles. The van der Waals surface area contributed by atoms with Crippen molar-refractivity contribution in [3.05, 3.63) is 38.7 Å². The third-order valence-corrected chi connectivity index (χ3v) is 5.21. The summed E-state index contributed by atoms with van der Waals surface area (Å²) in [4.78, 5) is 17.4. The van der Waals surface area contributed by atoms with Crippen molar-refractivity contribution in [1.82, 2.24) is 19.3 Å². The number of aromatic nitrogens is 4. The van der Waals surface area contributed by atoms with E-state index >= 15 is 0 Å². The molecule has 2 aromatic heterocycles. The number of imidazole rings is 1. The van der Waals surface area contributed by atoms with Crippen molar-refractivity contribution in [2.75, 3.05) is 11.9 Å². The summed E-state index contributed by atoms with van der Waals surface area (Å²) in [5.41, 5.74) is 3.19. The highest BCUT2D eigenvalue weighted by atomic mass is 127. The van der Waals surface area contributed by atoms with Crippen molar-refractivity contribution in [3.8, 4) is 6.07 Å². The molecule has 8 nitrogen and oxygen atoms in total. The fourth-order valence-electron chi connectivity index (χ4n) is 3.06. The first kappa shape index (κ1) is 20.3. The van der Waals surface area contributed by atoms with Gasteiger partial charge in [-0.25, -0.2) is 4.98 Å². The van der Waals surface area contributed by atoms with Crippen LogP contribution in [0.15, 0.2) is 18.2 Å². The summed E-state index contributed by atoms with van der Waals surface area (Å²) in [6.45, 7) is 6.76. The Morgan fingerprint density at radius 3 is 2.82 bits per heavy atom. The van der Waals surface area contributed by atoms with Gasteiger partial charge in [0.05, 0.1) is 28.4 Å². The van der Waals surface area contributed by atoms with Gasteiger partial charge < -0.3 is 9.67 Å². The first-order valence-electron chi connectivity index (χ1n) is 8.94. The van der Waals surface area contributed by atoms with Crippen LogP contribution in [0.1, 0.15) is 35.6 Å². The van der Waals surface area contributed by atoms with Crippen LogP contribution >= 0.6 is 22.6 Å². The van der Waals surface area contributed by atoms with Crippen molar-refractivity contribution < 1.29 is 9.90 Å². The SMILES string of the molecule is CCn1nc(C)cc1C(=O)Nc1nc2cc(C#N)cc(I)c2n1C[C@H](C)CO. The number of amides is 1. The molecular formula is C19H21IN6O2. The molecule has 1 amide bonds. The molecule has 146 valence electrons. The standard InChI is InChI=1S/C19H21IN6O2/c1-4-26-16(5-12(3)24-26)18(28)23-19-22-15-7-13(8-21)6-14(20)17(15)25(19)9-11(2)10-27/h5-7,11,27H,4,9-10H2,1-3H3,(H,22,23,28)/t11-/m0/s1. The van der Waals surface area contributed by atoms with E-state index in [9.17, 15) is 15.2 Å². The first-order chi connectivity index (χ1) is 13.4. The average molecular weight is 492 g/mol. The summed E-state index contributed by atoms with van der Waals surface area (Å²) >= 11 is 2.16. The van der Waals surface area contributed by atoms with Gasteiger partial charge in [-0.3, -0.25) is 14.8 Å². The van der Waals surface area contributed by atoms with E-state index in [0.29, 0.717) is 35.8 Å². The Morgan fingerprint density at radius 1 is 1.43 bits per heavy atom. The number of benzene rings is 1. The minimum Gasteiger partial charge on any atom is -0.396 e. The van der Waals surface area contributed by atoms with Gasteiger partial charge >= 0.3 is 0 Å². The zero-order valence-electron chi connectivity index (χ0n) is 15.9. The lowest BCUT2D eigenvalue weighted by Gasteiger charge is -2.14. The maximum atomic E-state index is 12.9. The van der Waals surface area contributed by atoms with E-state index in [0.717, 1.165) is 14.8 Å². The summed E-state index contributed by atoms with van der Waals surface area (Å²) in [5.74, 6) is 0.0592. The summed E-state index contributed by atoms with van der Waals surface area (Å²) in [5, 5.41) is 25.9. The fourth-order valence-corrected chi connectivity index (χ4v) is 3.96. The van der Waals surface area contributed by atoms with E-state index < -0.39 is 0 Å². The zero-order valence-corrected chi connectivity index (χ0v) is 18.1. The number of halogens is 1. The number of nitriles is 1. The number of anilines is 1. The molecule has 0 unspecified atom stereocenters. The van der Waals surface area contributed by atoms with E-state index in [1.54, 1.807) is 22.9 Å². The molecule has 0 spiro atoms. The van der Waals surface area contributed by atoms with Crippen LogP contribution in [0, 0.1) is 27.7 Å². The van der Waals surface area contributed by atoms with Gasteiger partial charge in [0.1, 0.15) is 5.69 Å². The predicted molar refractivity (Wildman–Crippen MR) is 114 cm³/mol. The molecule has 9 heteroatoms. The van der Waals surface area contributed by atoms with Crippen LogP contribution in [0.25, 0.3) is 11.0 Å². The van der Waals surface area contributed by atoms with E-state index in [-0.39, 0.29) is 18.4 Å². The Balaban J connectivity index is 2.08. The number of aliphatic hydroxyl groups is 1. The number of aryl methyl sites for hydroxylation is 2. The van der Waals surface area contributed by atoms with Gasteiger partial charge in [0, 0.05) is 23.3 Å². The average Bonchev–Trinajstić information content (AvgIpc) is 3.21. The highest BCUT2D eigenvalue weighted by Gasteiger charge is 2.20. The lowest BCUT2D eigenvalue weighted by Crippen LogP contribution is -2.21. The minimum absolute atomic E-state index is 0.0156. The zero-order chi connectivity index (χ0) is 20.4. The lowest BCUT2D eigenvalue weighted by atomic mass is 10.2. The highest BCUT2D eigenvalue weighted by Crippen LogP contribution is 2.27. The number of hydrogen-bond donors (Lipinski definition) is 2. The number of carbonyl (C=O) groups is 1. The van der Waals surface area contributed by atoms with Gasteiger partial charge in [-0.15, -0.1) is 0 Å². The Labute approximate surface area is 176 Å². The van der Waals surface area contributed by atoms with E-state index in [4.69, 9.17) is 0 Å². The topological polar surface area (TPSA) is 109 Å². The second-order valence-corrected chi connectivity index (χ2v) is 7.87. The lowest BCUT2D eigenvalue weighted by molar-refractivity contribution is 0.101. The van der Waals surface area contributed by atoms with E-state index in [1.807, 2.05) is 25.3 Å². The van der Waals surface area contributed by atoms with Gasteiger partial charge in [-0.05, 0) is 60.6 Å². The quantitative estimate of drug-likeness (QED) is 0.515. The molecular weight excluding hydrogens is 471 g/mol. The van der Waals surface area contributed by atoms with Crippen LogP contribution in [0.2, 0.25) is 0 Å². The summed E-state index contributed by atoms with van der Waals surface area (Å²) < 4.78 is 4.39. The molecule has 0 bridgehead atoms. The van der Waals surface area contributed by atoms with Crippen LogP contribution in [-0.4, -0.2) is 37.0 Å². The molecule has 2 N–H and O–H groups in total. The minimum atomic E-state index is -0.300. The van der Waals surface area contributed by atoms with Crippen molar-refractivity contribution in [2.45, 2.75) is 33.9 Å². The molecule has 0 aliphatic rings. The van der Waals surface area contributed by atoms with Gasteiger partial charge in [-0.1, -0.05) is 6.92 Å². The number of nitrogens with zero attached hydrogens (tertiary/aromatic N) is 5. The predicted octanol–water partition coefficient (Wildman–Crippen LogP) is 2.92. The molecule has 3 aromatic rings. The molecule has 0 aliphatic heterocycles. The fraction of sp³-hybridized carbons (Fsp3) is 0.368. The second-order valence-electron chi connectivity index (χ2n) is 6.71. The molecule has 1 aromatic carbocycles. The number of aliphatic hydroxyl groups excluding tert-OH is 1. The number of carbonyl (C=O) groups excluding carboxylic acids is 1. The maximum absolute atomic E-state index is 12.9. The van der Waals surface area contributed by atoms with Crippen LogP contribution < -0.4 is 5.32 Å². The van der Waals surface area contributed by atoms with Crippen molar-refractivity contribution >= 4 is 45.5 Å². The first-order valence-corrected chi connectivity index (χ1v) is 10.0. The molecule has 1 atom stereocenters. The number of nitrogens with one attached hydrogen (secondary N) is 1. The third-order valence-electron chi connectivity index (χ3n) is 4.39. The number of hydrogen-bond acceptors (Lipinski definition) is 5. The molecule has 0 fully saturated rings. The Morgan fingerprint density at radius 2 is 2.18 bits per heavy atom. The number of fused-ring (bicyclic) bond motifs is 1. The van der Waals surface area contributed by atoms with Gasteiger partial charge in [0.15, 0.2) is 0 Å². The molecule has 0 saturated heterocycles. The van der Waals surface area contributed by atoms with Crippen LogP contribution in [-0.2, 0) is 13.1 Å². The van der Waals surface area contributed by atoms with Crippen LogP contribution in [0.3, 0.4) is 0 Å². The van der Waals surface area contributed by atoms with Crippen molar-refractivity contribution in [1.29, 1.82) is 5.26 Å². The maximum Gasteiger partial charge on any atom is 0.276 e. The molecule has 0 saturated carbocycles. The van der Waals surface area contributed by atoms with Gasteiger partial charge in [-0.2, -0.15) is 10.4 Å². The van der Waals surface area contributed by atoms with E-state index in [1.165, 1.54) is 0 Å². The number of rotatable bonds is 6. The highest BCUT2D eigenvalue weighted by molar-refractivity contribution is 14.1. The second kappa shape index (κ2) is 8.28. The van der Waals surface area contributed by atoms with Crippen LogP contribution in [0.4, 0.5) is 5.95 Å². The molecule has 3 rings (SSSR count). The third kappa shape index (κ3) is 3.88. The van der Waals surface area contributed by atoms with Gasteiger partial charge in [0.2, 0.25) is 5.95 Å².